The van der Waals surface area contributed by atoms with Crippen molar-refractivity contribution < 1.29 is 0 Å². The molecule has 0 N–H and O–H groups in total. The number of hydrogen-bond donors (Lipinski definition) is 0. The van der Waals surface area contributed by atoms with Gasteiger partial charge in [-0.15, -0.1) is 11.8 Å². The molecule has 0 saturated heterocycles. The minimum absolute atomic E-state index is 0.256. The molecule has 0 radical (unpaired) electrons. The molecule has 0 unspecified atom stereocenters. The second-order valence-corrected chi connectivity index (χ2v) is 9.29. The summed E-state index contributed by atoms with van der Waals surface area (Å²) in [5, 5.41) is 0.512. The Balaban J connectivity index is 1.55. The van der Waals surface area contributed by atoms with Gasteiger partial charge in [-0.05, 0) is 44.5 Å². The fraction of sp³-hybridized carbons (Fsp3) is 0.0667. The van der Waals surface area contributed by atoms with Crippen LogP contribution in [0.3, 0.4) is 0 Å². The van der Waals surface area contributed by atoms with Gasteiger partial charge in [0.05, 0.1) is 10.5 Å². The van der Waals surface area contributed by atoms with Crippen LogP contribution in [0.4, 0.5) is 0 Å². The molecule has 0 amide bonds. The molecule has 4 aromatic carbocycles. The smallest absolute Gasteiger partial charge is 0.0567 e. The summed E-state index contributed by atoms with van der Waals surface area (Å²) < 4.78 is 0. The molecule has 1 heteroatoms. The minimum Gasteiger partial charge on any atom is -0.136 e. The summed E-state index contributed by atoms with van der Waals surface area (Å²) in [6.07, 6.45) is 9.08. The van der Waals surface area contributed by atoms with Crippen LogP contribution in [-0.4, -0.2) is 0 Å². The van der Waals surface area contributed by atoms with E-state index in [1.807, 2.05) is 0 Å². The fourth-order valence-electron chi connectivity index (χ4n) is 4.73. The molecule has 0 saturated carbocycles. The van der Waals surface area contributed by atoms with Crippen LogP contribution >= 0.6 is 11.8 Å². The normalized spacial score (nSPS) is 14.7. The van der Waals surface area contributed by atoms with E-state index in [-0.39, 0.29) is 10.5 Å². The lowest BCUT2D eigenvalue weighted by Gasteiger charge is -2.27. The van der Waals surface area contributed by atoms with E-state index in [4.69, 9.17) is 0 Å². The van der Waals surface area contributed by atoms with Crippen LogP contribution in [-0.2, 0) is 0 Å². The molecule has 0 spiro atoms. The number of thioether (sulfide) groups is 1. The highest BCUT2D eigenvalue weighted by molar-refractivity contribution is 8.00. The Labute approximate surface area is 188 Å². The van der Waals surface area contributed by atoms with Gasteiger partial charge >= 0.3 is 0 Å². The largest absolute Gasteiger partial charge is 0.136 e. The van der Waals surface area contributed by atoms with Crippen molar-refractivity contribution in [2.45, 2.75) is 10.5 Å². The van der Waals surface area contributed by atoms with Gasteiger partial charge in [-0.1, -0.05) is 121 Å². The SMILES string of the molecule is C1=Cc2ccccc2C(SC2c3ccccc3C=Cc3ccccc32)c2ccccc21. The zero-order valence-electron chi connectivity index (χ0n) is 17.1. The standard InChI is InChI=1S/C30H22S/c1-5-13-25-21(9-1)17-18-22-10-2-6-14-26(22)29(25)31-30-27-15-7-3-11-23(27)19-20-24-12-4-8-16-28(24)30/h1-20,29-30H. The molecule has 2 aliphatic rings. The lowest BCUT2D eigenvalue weighted by atomic mass is 9.98. The molecule has 6 rings (SSSR count). The molecule has 0 atom stereocenters. The Kier molecular flexibility index (Phi) is 4.62. The summed E-state index contributed by atoms with van der Waals surface area (Å²) >= 11 is 2.06. The van der Waals surface area contributed by atoms with Gasteiger partial charge in [0.2, 0.25) is 0 Å². The molecule has 0 aromatic heterocycles. The topological polar surface area (TPSA) is 0 Å². The van der Waals surface area contributed by atoms with E-state index in [9.17, 15) is 0 Å². The maximum Gasteiger partial charge on any atom is 0.0567 e. The van der Waals surface area contributed by atoms with Crippen LogP contribution in [0.2, 0.25) is 0 Å². The van der Waals surface area contributed by atoms with Crippen LogP contribution in [0.5, 0.6) is 0 Å². The molecule has 2 aliphatic carbocycles. The van der Waals surface area contributed by atoms with Crippen molar-refractivity contribution in [3.05, 3.63) is 142 Å². The van der Waals surface area contributed by atoms with Crippen LogP contribution in [0.15, 0.2) is 97.1 Å². The maximum atomic E-state index is 2.30. The summed E-state index contributed by atoms with van der Waals surface area (Å²) in [6, 6.07) is 35.4. The van der Waals surface area contributed by atoms with Crippen LogP contribution in [0.25, 0.3) is 24.3 Å². The molecule has 0 nitrogen and oxygen atoms in total. The van der Waals surface area contributed by atoms with E-state index in [2.05, 4.69) is 133 Å². The van der Waals surface area contributed by atoms with Crippen molar-refractivity contribution in [1.29, 1.82) is 0 Å². The van der Waals surface area contributed by atoms with Gasteiger partial charge in [0.1, 0.15) is 0 Å². The first-order valence-corrected chi connectivity index (χ1v) is 11.7. The van der Waals surface area contributed by atoms with Gasteiger partial charge in [0.15, 0.2) is 0 Å². The molecule has 148 valence electrons. The lowest BCUT2D eigenvalue weighted by molar-refractivity contribution is 1.09. The van der Waals surface area contributed by atoms with Crippen molar-refractivity contribution in [3.63, 3.8) is 0 Å². The first-order valence-electron chi connectivity index (χ1n) is 10.8. The molecule has 4 aromatic rings. The van der Waals surface area contributed by atoms with E-state index in [1.165, 1.54) is 44.5 Å². The van der Waals surface area contributed by atoms with E-state index >= 15 is 0 Å². The molecule has 0 bridgehead atoms. The van der Waals surface area contributed by atoms with Gasteiger partial charge in [-0.25, -0.2) is 0 Å². The average Bonchev–Trinajstić information content (AvgIpc) is 3.09. The van der Waals surface area contributed by atoms with E-state index in [0.29, 0.717) is 0 Å². The molecule has 31 heavy (non-hydrogen) atoms. The Bertz CT molecular complexity index is 1130. The van der Waals surface area contributed by atoms with Gasteiger partial charge < -0.3 is 0 Å². The predicted molar refractivity (Wildman–Crippen MR) is 135 cm³/mol. The third-order valence-corrected chi connectivity index (χ3v) is 7.83. The fourth-order valence-corrected chi connectivity index (χ4v) is 6.45. The Morgan fingerprint density at radius 2 is 0.613 bits per heavy atom. The molecule has 0 heterocycles. The summed E-state index contributed by atoms with van der Waals surface area (Å²) in [7, 11) is 0. The minimum atomic E-state index is 0.256. The first-order chi connectivity index (χ1) is 15.4. The predicted octanol–water partition coefficient (Wildman–Crippen LogP) is 8.27. The van der Waals surface area contributed by atoms with Crippen molar-refractivity contribution in [2.75, 3.05) is 0 Å². The zero-order valence-corrected chi connectivity index (χ0v) is 17.9. The zero-order chi connectivity index (χ0) is 20.6. The Hall–Kier alpha value is -3.29. The number of hydrogen-bond acceptors (Lipinski definition) is 1. The van der Waals surface area contributed by atoms with Crippen molar-refractivity contribution in [3.8, 4) is 0 Å². The number of rotatable bonds is 2. The van der Waals surface area contributed by atoms with Gasteiger partial charge in [-0.2, -0.15) is 0 Å². The van der Waals surface area contributed by atoms with Crippen LogP contribution in [0, 0.1) is 0 Å². The summed E-state index contributed by atoms with van der Waals surface area (Å²) in [4.78, 5) is 0. The van der Waals surface area contributed by atoms with Gasteiger partial charge in [0, 0.05) is 0 Å². The first kappa shape index (κ1) is 18.5. The summed E-state index contributed by atoms with van der Waals surface area (Å²) in [5.74, 6) is 0. The molecular formula is C30H22S. The van der Waals surface area contributed by atoms with E-state index < -0.39 is 0 Å². The van der Waals surface area contributed by atoms with Gasteiger partial charge in [0.25, 0.3) is 0 Å². The third kappa shape index (κ3) is 3.26. The highest BCUT2D eigenvalue weighted by Gasteiger charge is 2.29. The highest BCUT2D eigenvalue weighted by atomic mass is 32.2. The Morgan fingerprint density at radius 1 is 0.355 bits per heavy atom. The maximum absolute atomic E-state index is 2.30. The van der Waals surface area contributed by atoms with Crippen molar-refractivity contribution in [2.24, 2.45) is 0 Å². The van der Waals surface area contributed by atoms with Gasteiger partial charge in [-0.3, -0.25) is 0 Å². The third-order valence-electron chi connectivity index (χ3n) is 6.27. The Morgan fingerprint density at radius 3 is 0.903 bits per heavy atom. The highest BCUT2D eigenvalue weighted by Crippen LogP contribution is 2.52. The van der Waals surface area contributed by atoms with Crippen LogP contribution in [0.1, 0.15) is 55.0 Å². The van der Waals surface area contributed by atoms with E-state index in [0.717, 1.165) is 0 Å². The number of benzene rings is 4. The number of fused-ring (bicyclic) bond motifs is 4. The second-order valence-electron chi connectivity index (χ2n) is 8.08. The molecule has 0 fully saturated rings. The lowest BCUT2D eigenvalue weighted by Crippen LogP contribution is -2.07. The molecule has 0 aliphatic heterocycles. The molecular weight excluding hydrogens is 392 g/mol. The van der Waals surface area contributed by atoms with E-state index in [1.54, 1.807) is 0 Å². The van der Waals surface area contributed by atoms with Crippen molar-refractivity contribution in [1.82, 2.24) is 0 Å². The summed E-state index contributed by atoms with van der Waals surface area (Å²) in [6.45, 7) is 0. The van der Waals surface area contributed by atoms with Crippen molar-refractivity contribution >= 4 is 36.1 Å². The van der Waals surface area contributed by atoms with Crippen LogP contribution < -0.4 is 0 Å². The quantitative estimate of drug-likeness (QED) is 0.318. The average molecular weight is 415 g/mol. The second kappa shape index (κ2) is 7.76. The monoisotopic (exact) mass is 414 g/mol. The summed E-state index contributed by atoms with van der Waals surface area (Å²) in [5.41, 5.74) is 10.8.